The van der Waals surface area contributed by atoms with Crippen LogP contribution >= 0.6 is 46.7 Å². The molecule has 1 aromatic heterocycles. The van der Waals surface area contributed by atoms with Crippen LogP contribution in [0.5, 0.6) is 0 Å². The van der Waals surface area contributed by atoms with Gasteiger partial charge in [-0.1, -0.05) is 23.2 Å². The molecule has 148 valence electrons. The Labute approximate surface area is 186 Å². The second-order valence-electron chi connectivity index (χ2n) is 6.35. The Hall–Kier alpha value is -2.00. The van der Waals surface area contributed by atoms with Crippen LogP contribution in [0.1, 0.15) is 17.0 Å². The quantitative estimate of drug-likeness (QED) is 0.609. The fourth-order valence-corrected chi connectivity index (χ4v) is 4.81. The molecule has 0 atom stereocenters. The summed E-state index contributed by atoms with van der Waals surface area (Å²) >= 11 is 15.0. The van der Waals surface area contributed by atoms with Gasteiger partial charge in [0, 0.05) is 17.1 Å². The molecule has 0 fully saturated rings. The normalized spacial score (nSPS) is 17.7. The molecule has 0 saturated carbocycles. The summed E-state index contributed by atoms with van der Waals surface area (Å²) in [6.45, 7) is 3.91. The monoisotopic (exact) mass is 463 g/mol. The molecule has 3 heterocycles. The van der Waals surface area contributed by atoms with Gasteiger partial charge in [0.05, 0.1) is 15.6 Å². The lowest BCUT2D eigenvalue weighted by atomic mass is 10.1. The average Bonchev–Trinajstić information content (AvgIpc) is 3.21. The van der Waals surface area contributed by atoms with Crippen molar-refractivity contribution in [3.63, 3.8) is 0 Å². The van der Waals surface area contributed by atoms with Gasteiger partial charge in [0.1, 0.15) is 0 Å². The van der Waals surface area contributed by atoms with E-state index in [4.69, 9.17) is 28.6 Å². The van der Waals surface area contributed by atoms with E-state index in [0.717, 1.165) is 27.0 Å². The second-order valence-corrected chi connectivity index (χ2v) is 9.17. The number of hydrogen-bond acceptors (Lipinski definition) is 5. The minimum absolute atomic E-state index is 0.0240. The van der Waals surface area contributed by atoms with Crippen molar-refractivity contribution in [2.45, 2.75) is 13.8 Å². The van der Waals surface area contributed by atoms with Gasteiger partial charge in [-0.3, -0.25) is 10.2 Å². The number of amides is 1. The number of halogens is 2. The molecular weight excluding hydrogens is 449 g/mol. The maximum absolute atomic E-state index is 12.6. The Balaban J connectivity index is 1.76. The first-order chi connectivity index (χ1) is 13.8. The van der Waals surface area contributed by atoms with E-state index in [0.29, 0.717) is 15.2 Å². The van der Waals surface area contributed by atoms with E-state index in [1.165, 1.54) is 28.5 Å². The lowest BCUT2D eigenvalue weighted by Crippen LogP contribution is -2.35. The van der Waals surface area contributed by atoms with E-state index in [2.05, 4.69) is 10.1 Å². The number of nitrogens with zero attached hydrogens (tertiary/aromatic N) is 4. The van der Waals surface area contributed by atoms with Crippen LogP contribution < -0.4 is 0 Å². The van der Waals surface area contributed by atoms with Crippen LogP contribution in [0.4, 0.5) is 0 Å². The van der Waals surface area contributed by atoms with Gasteiger partial charge in [-0.2, -0.15) is 10.0 Å². The predicted molar refractivity (Wildman–Crippen MR) is 124 cm³/mol. The molecule has 1 amide bonds. The largest absolute Gasteiger partial charge is 0.318 e. The van der Waals surface area contributed by atoms with Crippen LogP contribution in [0.3, 0.4) is 0 Å². The number of aromatic nitrogens is 1. The summed E-state index contributed by atoms with van der Waals surface area (Å²) in [5.74, 6) is -0.415. The Morgan fingerprint density at radius 2 is 1.97 bits per heavy atom. The Morgan fingerprint density at radius 3 is 2.66 bits per heavy atom. The van der Waals surface area contributed by atoms with Gasteiger partial charge >= 0.3 is 0 Å². The summed E-state index contributed by atoms with van der Waals surface area (Å²) in [6.07, 6.45) is 3.59. The van der Waals surface area contributed by atoms with Crippen molar-refractivity contribution < 1.29 is 4.79 Å². The standard InChI is InChI=1S/C19H15Cl2N5OS2/c1-9-6-11(10(2)25(9)12-4-5-14(20)15(21)8-12)7-13-16(22)26-18(23-17(13)27)29-19(24-26)28-3/h4-8,22H,1-3H3/b13-7+,22-16?. The topological polar surface area (TPSA) is 73.8 Å². The molecule has 0 bridgehead atoms. The van der Waals surface area contributed by atoms with Gasteiger partial charge in [0.15, 0.2) is 10.2 Å². The number of amidine groups is 2. The van der Waals surface area contributed by atoms with Gasteiger partial charge in [-0.05, 0) is 67.8 Å². The zero-order valence-electron chi connectivity index (χ0n) is 15.7. The summed E-state index contributed by atoms with van der Waals surface area (Å²) in [5, 5.41) is 15.6. The predicted octanol–water partition coefficient (Wildman–Crippen LogP) is 5.34. The highest BCUT2D eigenvalue weighted by atomic mass is 35.5. The average molecular weight is 464 g/mol. The van der Waals surface area contributed by atoms with Gasteiger partial charge in [0.25, 0.3) is 5.91 Å². The number of carbonyl (C=O) groups is 1. The maximum Gasteiger partial charge on any atom is 0.283 e. The summed E-state index contributed by atoms with van der Waals surface area (Å²) in [4.78, 5) is 16.7. The molecule has 4 rings (SSSR count). The molecule has 0 unspecified atom stereocenters. The number of rotatable bonds is 2. The minimum Gasteiger partial charge on any atom is -0.318 e. The fraction of sp³-hybridized carbons (Fsp3) is 0.158. The molecule has 0 spiro atoms. The van der Waals surface area contributed by atoms with Gasteiger partial charge in [0.2, 0.25) is 5.17 Å². The van der Waals surface area contributed by atoms with Crippen molar-refractivity contribution in [1.82, 2.24) is 9.58 Å². The highest BCUT2D eigenvalue weighted by Crippen LogP contribution is 2.33. The van der Waals surface area contributed by atoms with Crippen LogP contribution in [0.15, 0.2) is 39.9 Å². The van der Waals surface area contributed by atoms with E-state index in [1.807, 2.05) is 36.8 Å². The maximum atomic E-state index is 12.6. The number of hydrazone groups is 1. The lowest BCUT2D eigenvalue weighted by Gasteiger charge is -2.20. The molecule has 2 aliphatic rings. The summed E-state index contributed by atoms with van der Waals surface area (Å²) in [5.41, 5.74) is 3.77. The van der Waals surface area contributed by atoms with Gasteiger partial charge < -0.3 is 4.57 Å². The van der Waals surface area contributed by atoms with E-state index < -0.39 is 5.91 Å². The van der Waals surface area contributed by atoms with Crippen molar-refractivity contribution >= 4 is 74.1 Å². The molecule has 0 aliphatic carbocycles. The van der Waals surface area contributed by atoms with Crippen LogP contribution in [0, 0.1) is 19.3 Å². The molecular formula is C19H15Cl2N5OS2. The molecule has 10 heteroatoms. The first-order valence-electron chi connectivity index (χ1n) is 8.48. The number of aryl methyl sites for hydroxylation is 1. The van der Waals surface area contributed by atoms with Crippen molar-refractivity contribution in [3.05, 3.63) is 56.8 Å². The third-order valence-corrected chi connectivity index (χ3v) is 7.17. The third kappa shape index (κ3) is 3.54. The van der Waals surface area contributed by atoms with Crippen LogP contribution in [0.25, 0.3) is 11.8 Å². The van der Waals surface area contributed by atoms with Crippen molar-refractivity contribution in [2.24, 2.45) is 10.1 Å². The third-order valence-electron chi connectivity index (χ3n) is 4.54. The fourth-order valence-electron chi connectivity index (χ4n) is 3.17. The molecule has 1 aromatic carbocycles. The summed E-state index contributed by atoms with van der Waals surface area (Å²) in [6, 6.07) is 7.39. The molecule has 29 heavy (non-hydrogen) atoms. The van der Waals surface area contributed by atoms with Crippen molar-refractivity contribution in [3.8, 4) is 5.69 Å². The molecule has 2 aliphatic heterocycles. The molecule has 6 nitrogen and oxygen atoms in total. The Morgan fingerprint density at radius 1 is 1.21 bits per heavy atom. The van der Waals surface area contributed by atoms with Crippen LogP contribution in [-0.4, -0.2) is 37.1 Å². The van der Waals surface area contributed by atoms with Crippen molar-refractivity contribution in [2.75, 3.05) is 6.26 Å². The Bertz CT molecular complexity index is 1170. The van der Waals surface area contributed by atoms with Gasteiger partial charge in [-0.15, -0.1) is 16.9 Å². The summed E-state index contributed by atoms with van der Waals surface area (Å²) < 4.78 is 2.77. The van der Waals surface area contributed by atoms with E-state index >= 15 is 0 Å². The number of carbonyl (C=O) groups excluding carboxylic acids is 1. The molecule has 0 saturated heterocycles. The zero-order valence-corrected chi connectivity index (χ0v) is 18.8. The highest BCUT2D eigenvalue weighted by Gasteiger charge is 2.35. The SMILES string of the molecule is CSC1=NN2C(=N)/C(=C\c3cc(C)n(-c4ccc(Cl)c(Cl)c4)c3C)C(=O)N=C2S1. The number of nitrogens with one attached hydrogen (secondary N) is 1. The number of fused-ring (bicyclic) bond motifs is 1. The number of aliphatic imine (C=N–C) groups is 1. The first-order valence-corrected chi connectivity index (χ1v) is 11.3. The highest BCUT2D eigenvalue weighted by molar-refractivity contribution is 8.45. The van der Waals surface area contributed by atoms with Crippen LogP contribution in [0.2, 0.25) is 10.0 Å². The van der Waals surface area contributed by atoms with Gasteiger partial charge in [-0.25, -0.2) is 0 Å². The Kier molecular flexibility index (Phi) is 5.37. The molecule has 2 aromatic rings. The van der Waals surface area contributed by atoms with E-state index in [-0.39, 0.29) is 11.4 Å². The number of hydrogen-bond donors (Lipinski definition) is 1. The van der Waals surface area contributed by atoms with E-state index in [9.17, 15) is 4.79 Å². The lowest BCUT2D eigenvalue weighted by molar-refractivity contribution is -0.114. The molecule has 0 radical (unpaired) electrons. The molecule has 1 N–H and O–H groups in total. The number of benzene rings is 1. The number of thioether (sulfide) groups is 2. The minimum atomic E-state index is -0.439. The second kappa shape index (κ2) is 7.68. The van der Waals surface area contributed by atoms with Crippen LogP contribution in [-0.2, 0) is 4.79 Å². The smallest absolute Gasteiger partial charge is 0.283 e. The van der Waals surface area contributed by atoms with Crippen molar-refractivity contribution in [1.29, 1.82) is 5.41 Å². The zero-order chi connectivity index (χ0) is 20.9. The first kappa shape index (κ1) is 20.3. The summed E-state index contributed by atoms with van der Waals surface area (Å²) in [7, 11) is 0. The van der Waals surface area contributed by atoms with E-state index in [1.54, 1.807) is 18.2 Å².